The molecule has 1 aliphatic heterocycles. The number of carbonyl (C=O) groups excluding carboxylic acids is 1. The van der Waals surface area contributed by atoms with Crippen LogP contribution in [0.5, 0.6) is 0 Å². The molecule has 0 bridgehead atoms. The van der Waals surface area contributed by atoms with Crippen LogP contribution in [0.1, 0.15) is 44.4 Å². The summed E-state index contributed by atoms with van der Waals surface area (Å²) >= 11 is 0. The van der Waals surface area contributed by atoms with Crippen LogP contribution in [-0.4, -0.2) is 40.0 Å². The van der Waals surface area contributed by atoms with E-state index in [0.717, 1.165) is 57.0 Å². The third-order valence-corrected chi connectivity index (χ3v) is 3.95. The van der Waals surface area contributed by atoms with Crippen molar-refractivity contribution >= 4 is 5.91 Å². The summed E-state index contributed by atoms with van der Waals surface area (Å²) in [5.41, 5.74) is 2.39. The van der Waals surface area contributed by atoms with Crippen LogP contribution >= 0.6 is 0 Å². The molecule has 2 heterocycles. The van der Waals surface area contributed by atoms with E-state index in [1.165, 1.54) is 5.69 Å². The predicted octanol–water partition coefficient (Wildman–Crippen LogP) is 1.35. The molecule has 2 rings (SSSR count). The second-order valence-electron chi connectivity index (χ2n) is 5.25. The van der Waals surface area contributed by atoms with Crippen molar-refractivity contribution in [1.82, 2.24) is 19.8 Å². The molecule has 5 nitrogen and oxygen atoms in total. The third-order valence-electron chi connectivity index (χ3n) is 3.95. The van der Waals surface area contributed by atoms with Gasteiger partial charge in [-0.05, 0) is 20.3 Å². The molecule has 112 valence electrons. The van der Waals surface area contributed by atoms with E-state index < -0.39 is 0 Å². The van der Waals surface area contributed by atoms with Crippen molar-refractivity contribution in [3.8, 4) is 0 Å². The van der Waals surface area contributed by atoms with E-state index >= 15 is 0 Å². The lowest BCUT2D eigenvalue weighted by Crippen LogP contribution is -2.35. The van der Waals surface area contributed by atoms with Gasteiger partial charge in [-0.3, -0.25) is 4.79 Å². The molecule has 5 heteroatoms. The Balaban J connectivity index is 2.24. The Morgan fingerprint density at radius 2 is 2.10 bits per heavy atom. The molecule has 0 aliphatic carbocycles. The maximum absolute atomic E-state index is 12.4. The predicted molar refractivity (Wildman–Crippen MR) is 79.6 cm³/mol. The van der Waals surface area contributed by atoms with Crippen molar-refractivity contribution in [2.45, 2.75) is 53.1 Å². The van der Waals surface area contributed by atoms with Gasteiger partial charge in [0.15, 0.2) is 0 Å². The molecule has 0 aromatic carbocycles. The fourth-order valence-electron chi connectivity index (χ4n) is 2.84. The number of nitrogens with one attached hydrogen (secondary N) is 1. The van der Waals surface area contributed by atoms with Crippen molar-refractivity contribution in [2.24, 2.45) is 0 Å². The van der Waals surface area contributed by atoms with E-state index in [-0.39, 0.29) is 5.91 Å². The highest BCUT2D eigenvalue weighted by molar-refractivity contribution is 5.76. The van der Waals surface area contributed by atoms with Gasteiger partial charge in [-0.1, -0.05) is 6.92 Å². The molecule has 0 radical (unpaired) electrons. The summed E-state index contributed by atoms with van der Waals surface area (Å²) in [7, 11) is 0. The van der Waals surface area contributed by atoms with Crippen LogP contribution in [0.15, 0.2) is 0 Å². The van der Waals surface area contributed by atoms with Crippen LogP contribution in [0.25, 0.3) is 0 Å². The van der Waals surface area contributed by atoms with Gasteiger partial charge in [-0.15, -0.1) is 0 Å². The first kappa shape index (κ1) is 15.0. The Morgan fingerprint density at radius 1 is 1.35 bits per heavy atom. The maximum atomic E-state index is 12.4. The van der Waals surface area contributed by atoms with E-state index in [1.807, 2.05) is 18.7 Å². The topological polar surface area (TPSA) is 50.2 Å². The van der Waals surface area contributed by atoms with Crippen LogP contribution in [0.4, 0.5) is 0 Å². The van der Waals surface area contributed by atoms with E-state index in [0.29, 0.717) is 6.54 Å². The first-order valence-electron chi connectivity index (χ1n) is 7.76. The van der Waals surface area contributed by atoms with E-state index in [1.54, 1.807) is 0 Å². The Kier molecular flexibility index (Phi) is 5.17. The number of rotatable bonds is 6. The number of likely N-dealkylation sites (N-methyl/N-ethyl adjacent to an activating group) is 1. The van der Waals surface area contributed by atoms with Crippen LogP contribution in [0.3, 0.4) is 0 Å². The van der Waals surface area contributed by atoms with Crippen LogP contribution in [0.2, 0.25) is 0 Å². The second-order valence-corrected chi connectivity index (χ2v) is 5.25. The minimum atomic E-state index is 0.200. The molecule has 0 fully saturated rings. The van der Waals surface area contributed by atoms with Crippen LogP contribution < -0.4 is 5.32 Å². The van der Waals surface area contributed by atoms with Gasteiger partial charge in [0.2, 0.25) is 5.91 Å². The molecule has 1 aromatic heterocycles. The highest BCUT2D eigenvalue weighted by Gasteiger charge is 2.21. The minimum Gasteiger partial charge on any atom is -0.342 e. The van der Waals surface area contributed by atoms with Gasteiger partial charge in [0, 0.05) is 44.7 Å². The molecule has 1 amide bonds. The number of amides is 1. The number of carbonyl (C=O) groups is 1. The average molecular weight is 278 g/mol. The molecule has 0 spiro atoms. The monoisotopic (exact) mass is 278 g/mol. The molecule has 0 atom stereocenters. The zero-order chi connectivity index (χ0) is 14.5. The first-order chi connectivity index (χ1) is 9.71. The summed E-state index contributed by atoms with van der Waals surface area (Å²) in [6.45, 7) is 10.0. The van der Waals surface area contributed by atoms with Crippen molar-refractivity contribution in [1.29, 1.82) is 0 Å². The number of nitrogens with zero attached hydrogens (tertiary/aromatic N) is 3. The zero-order valence-corrected chi connectivity index (χ0v) is 12.9. The van der Waals surface area contributed by atoms with Gasteiger partial charge in [-0.25, -0.2) is 4.98 Å². The first-order valence-corrected chi connectivity index (χ1v) is 7.76. The number of hydrogen-bond donors (Lipinski definition) is 1. The smallest absolute Gasteiger partial charge is 0.242 e. The van der Waals surface area contributed by atoms with E-state index in [2.05, 4.69) is 16.8 Å². The lowest BCUT2D eigenvalue weighted by molar-refractivity contribution is -0.131. The van der Waals surface area contributed by atoms with E-state index in [4.69, 9.17) is 4.98 Å². The molecular weight excluding hydrogens is 252 g/mol. The molecule has 1 aromatic rings. The van der Waals surface area contributed by atoms with Crippen molar-refractivity contribution in [3.05, 3.63) is 17.2 Å². The Hall–Kier alpha value is -1.36. The number of imidazole rings is 1. The molecule has 0 saturated heterocycles. The summed E-state index contributed by atoms with van der Waals surface area (Å²) in [6, 6.07) is 0. The normalized spacial score (nSPS) is 14.2. The molecule has 0 saturated carbocycles. The molecular formula is C15H26N4O. The zero-order valence-electron chi connectivity index (χ0n) is 12.9. The minimum absolute atomic E-state index is 0.200. The molecule has 20 heavy (non-hydrogen) atoms. The highest BCUT2D eigenvalue weighted by atomic mass is 16.2. The van der Waals surface area contributed by atoms with Gasteiger partial charge in [-0.2, -0.15) is 0 Å². The SMILES string of the molecule is CCCc1nc2c(n1CC(=O)N(CC)CC)CCNC2. The van der Waals surface area contributed by atoms with Crippen molar-refractivity contribution in [2.75, 3.05) is 19.6 Å². The average Bonchev–Trinajstić information content (AvgIpc) is 2.79. The summed E-state index contributed by atoms with van der Waals surface area (Å²) < 4.78 is 2.17. The van der Waals surface area contributed by atoms with Crippen LogP contribution in [-0.2, 0) is 30.7 Å². The molecule has 0 unspecified atom stereocenters. The van der Waals surface area contributed by atoms with Gasteiger partial charge < -0.3 is 14.8 Å². The fourth-order valence-corrected chi connectivity index (χ4v) is 2.84. The Bertz CT molecular complexity index is 463. The Labute approximate surface area is 121 Å². The lowest BCUT2D eigenvalue weighted by atomic mass is 10.2. The van der Waals surface area contributed by atoms with E-state index in [9.17, 15) is 4.79 Å². The standard InChI is InChI=1S/C15H26N4O/c1-4-7-14-17-12-10-16-9-8-13(12)19(14)11-15(20)18(5-2)6-3/h16H,4-11H2,1-3H3. The summed E-state index contributed by atoms with van der Waals surface area (Å²) in [4.78, 5) is 19.0. The number of aromatic nitrogens is 2. The number of hydrogen-bond acceptors (Lipinski definition) is 3. The third kappa shape index (κ3) is 3.03. The molecule has 1 aliphatic rings. The summed E-state index contributed by atoms with van der Waals surface area (Å²) in [5, 5.41) is 3.35. The number of aryl methyl sites for hydroxylation is 1. The van der Waals surface area contributed by atoms with Gasteiger partial charge in [0.1, 0.15) is 12.4 Å². The number of fused-ring (bicyclic) bond motifs is 1. The maximum Gasteiger partial charge on any atom is 0.242 e. The second kappa shape index (κ2) is 6.88. The fraction of sp³-hybridized carbons (Fsp3) is 0.733. The highest BCUT2D eigenvalue weighted by Crippen LogP contribution is 2.17. The lowest BCUT2D eigenvalue weighted by Gasteiger charge is -2.21. The molecule has 1 N–H and O–H groups in total. The van der Waals surface area contributed by atoms with Gasteiger partial charge >= 0.3 is 0 Å². The quantitative estimate of drug-likeness (QED) is 0.854. The van der Waals surface area contributed by atoms with Crippen molar-refractivity contribution < 1.29 is 4.79 Å². The van der Waals surface area contributed by atoms with Crippen LogP contribution in [0, 0.1) is 0 Å². The Morgan fingerprint density at radius 3 is 2.75 bits per heavy atom. The summed E-state index contributed by atoms with van der Waals surface area (Å²) in [5.74, 6) is 1.27. The van der Waals surface area contributed by atoms with Crippen molar-refractivity contribution in [3.63, 3.8) is 0 Å². The largest absolute Gasteiger partial charge is 0.342 e. The van der Waals surface area contributed by atoms with Gasteiger partial charge in [0.25, 0.3) is 0 Å². The summed E-state index contributed by atoms with van der Waals surface area (Å²) in [6.07, 6.45) is 2.97. The van der Waals surface area contributed by atoms with Gasteiger partial charge in [0.05, 0.1) is 5.69 Å².